The van der Waals surface area contributed by atoms with Gasteiger partial charge >= 0.3 is 5.97 Å². The molecule has 3 aromatic rings. The number of methoxy groups -OCH3 is 1. The van der Waals surface area contributed by atoms with Crippen molar-refractivity contribution in [2.75, 3.05) is 20.3 Å². The fraction of sp³-hybridized carbons (Fsp3) is 0.400. The summed E-state index contributed by atoms with van der Waals surface area (Å²) in [6.07, 6.45) is 2.03. The normalized spacial score (nSPS) is 17.2. The molecule has 1 aromatic carbocycles. The first-order chi connectivity index (χ1) is 14.1. The number of nitrogens with one attached hydrogen (secondary N) is 1. The van der Waals surface area contributed by atoms with Crippen LogP contribution in [0.3, 0.4) is 0 Å². The van der Waals surface area contributed by atoms with Crippen LogP contribution in [0.2, 0.25) is 0 Å². The third-order valence-electron chi connectivity index (χ3n) is 4.91. The maximum Gasteiger partial charge on any atom is 0.311 e. The van der Waals surface area contributed by atoms with Crippen molar-refractivity contribution in [1.82, 2.24) is 14.8 Å². The van der Waals surface area contributed by atoms with E-state index in [1.54, 1.807) is 6.92 Å². The number of aliphatic imine (C=N–C) groups is 1. The number of carbonyl (C=O) groups is 1. The number of nitrogens with zero attached hydrogens (tertiary/aromatic N) is 3. The monoisotopic (exact) mass is 414 g/mol. The molecule has 3 heterocycles. The molecule has 1 aliphatic heterocycles. The van der Waals surface area contributed by atoms with Gasteiger partial charge in [-0.25, -0.2) is 4.98 Å². The Balaban J connectivity index is 1.74. The quantitative estimate of drug-likeness (QED) is 0.494. The van der Waals surface area contributed by atoms with Crippen LogP contribution in [0.5, 0.6) is 0 Å². The summed E-state index contributed by atoms with van der Waals surface area (Å²) in [7, 11) is 1.32. The molecular weight excluding hydrogens is 392 g/mol. The summed E-state index contributed by atoms with van der Waals surface area (Å²) < 4.78 is 12.8. The summed E-state index contributed by atoms with van der Waals surface area (Å²) in [4.78, 5) is 34.2. The molecule has 0 aliphatic carbocycles. The number of fused-ring (bicyclic) bond motifs is 1. The number of hydrogen-bond donors (Lipinski definition) is 1. The first kappa shape index (κ1) is 19.5. The maximum absolute atomic E-state index is 13.2. The van der Waals surface area contributed by atoms with Gasteiger partial charge in [0.25, 0.3) is 5.56 Å². The lowest BCUT2D eigenvalue weighted by Gasteiger charge is -2.06. The first-order valence-electron chi connectivity index (χ1n) is 9.46. The number of ether oxygens (including phenoxy) is 2. The topological polar surface area (TPSA) is 98.6 Å². The summed E-state index contributed by atoms with van der Waals surface area (Å²) in [5.41, 5.74) is 1.95. The van der Waals surface area contributed by atoms with Gasteiger partial charge in [0.05, 0.1) is 47.7 Å². The largest absolute Gasteiger partial charge is 0.469 e. The Bertz CT molecular complexity index is 1090. The number of aromatic amines is 1. The fourth-order valence-electron chi connectivity index (χ4n) is 3.40. The van der Waals surface area contributed by atoms with Crippen molar-refractivity contribution in [1.29, 1.82) is 0 Å². The minimum Gasteiger partial charge on any atom is -0.469 e. The van der Waals surface area contributed by atoms with E-state index in [0.717, 1.165) is 29.7 Å². The minimum atomic E-state index is -0.434. The molecule has 8 nitrogen and oxygen atoms in total. The molecule has 9 heteroatoms. The van der Waals surface area contributed by atoms with E-state index in [-0.39, 0.29) is 18.1 Å². The van der Waals surface area contributed by atoms with Gasteiger partial charge in [-0.1, -0.05) is 23.5 Å². The summed E-state index contributed by atoms with van der Waals surface area (Å²) in [6.45, 7) is 3.03. The summed E-state index contributed by atoms with van der Waals surface area (Å²) in [6, 6.07) is 7.68. The van der Waals surface area contributed by atoms with Gasteiger partial charge in [0.2, 0.25) is 5.13 Å². The number of H-pyrrole nitrogens is 1. The highest BCUT2D eigenvalue weighted by Crippen LogP contribution is 2.24. The smallest absolute Gasteiger partial charge is 0.311 e. The van der Waals surface area contributed by atoms with E-state index in [1.165, 1.54) is 23.1 Å². The molecule has 1 N–H and O–H groups in total. The van der Waals surface area contributed by atoms with Crippen molar-refractivity contribution in [2.24, 2.45) is 4.99 Å². The van der Waals surface area contributed by atoms with Crippen molar-refractivity contribution >= 4 is 33.2 Å². The van der Waals surface area contributed by atoms with Crippen LogP contribution in [0, 0.1) is 0 Å². The molecule has 0 amide bonds. The molecule has 1 fully saturated rings. The van der Waals surface area contributed by atoms with Crippen LogP contribution in [0.25, 0.3) is 15.3 Å². The fourth-order valence-corrected chi connectivity index (χ4v) is 4.32. The number of esters is 1. The van der Waals surface area contributed by atoms with Crippen molar-refractivity contribution in [2.45, 2.75) is 32.3 Å². The third kappa shape index (κ3) is 4.01. The average molecular weight is 414 g/mol. The second kappa shape index (κ2) is 8.30. The van der Waals surface area contributed by atoms with Gasteiger partial charge in [-0.2, -0.15) is 4.68 Å². The predicted octanol–water partition coefficient (Wildman–Crippen LogP) is 2.48. The van der Waals surface area contributed by atoms with E-state index in [9.17, 15) is 9.59 Å². The molecule has 1 atom stereocenters. The molecule has 1 saturated heterocycles. The van der Waals surface area contributed by atoms with Crippen LogP contribution in [0.15, 0.2) is 34.1 Å². The van der Waals surface area contributed by atoms with Crippen molar-refractivity contribution in [3.05, 3.63) is 45.9 Å². The Morgan fingerprint density at radius 3 is 3.00 bits per heavy atom. The number of hydrogen-bond acceptors (Lipinski definition) is 7. The van der Waals surface area contributed by atoms with Gasteiger partial charge in [-0.3, -0.25) is 19.7 Å². The van der Waals surface area contributed by atoms with E-state index < -0.39 is 5.97 Å². The SMILES string of the molecule is COC(=O)Cc1[nH]n(-c2nc3ccccc3s2)c(=O)c1C(C)=NC[C@@H]1CCCO1. The number of aromatic nitrogens is 3. The zero-order valence-corrected chi connectivity index (χ0v) is 17.1. The van der Waals surface area contributed by atoms with Crippen LogP contribution in [-0.4, -0.2) is 52.8 Å². The summed E-state index contributed by atoms with van der Waals surface area (Å²) in [5, 5.41) is 3.55. The Morgan fingerprint density at radius 2 is 2.28 bits per heavy atom. The zero-order chi connectivity index (χ0) is 20.4. The molecule has 0 radical (unpaired) electrons. The second-order valence-electron chi connectivity index (χ2n) is 6.88. The van der Waals surface area contributed by atoms with Crippen LogP contribution in [0.1, 0.15) is 31.0 Å². The van der Waals surface area contributed by atoms with Crippen molar-refractivity contribution < 1.29 is 14.3 Å². The van der Waals surface area contributed by atoms with E-state index >= 15 is 0 Å². The van der Waals surface area contributed by atoms with Crippen LogP contribution >= 0.6 is 11.3 Å². The van der Waals surface area contributed by atoms with Crippen LogP contribution in [-0.2, 0) is 20.7 Å². The second-order valence-corrected chi connectivity index (χ2v) is 7.89. The Kier molecular flexibility index (Phi) is 5.59. The van der Waals surface area contributed by atoms with E-state index in [1.807, 2.05) is 24.3 Å². The average Bonchev–Trinajstić information content (AvgIpc) is 3.44. The van der Waals surface area contributed by atoms with Crippen LogP contribution in [0.4, 0.5) is 0 Å². The van der Waals surface area contributed by atoms with Gasteiger partial charge in [-0.15, -0.1) is 0 Å². The number of benzene rings is 1. The van der Waals surface area contributed by atoms with Gasteiger partial charge in [0.1, 0.15) is 0 Å². The molecule has 0 bridgehead atoms. The zero-order valence-electron chi connectivity index (χ0n) is 16.3. The van der Waals surface area contributed by atoms with E-state index in [0.29, 0.717) is 28.6 Å². The highest BCUT2D eigenvalue weighted by molar-refractivity contribution is 7.20. The third-order valence-corrected chi connectivity index (χ3v) is 5.93. The molecule has 0 spiro atoms. The summed E-state index contributed by atoms with van der Waals surface area (Å²) >= 11 is 1.40. The van der Waals surface area contributed by atoms with Gasteiger partial charge in [-0.05, 0) is 31.9 Å². The molecule has 4 rings (SSSR count). The molecule has 0 saturated carbocycles. The van der Waals surface area contributed by atoms with E-state index in [2.05, 4.69) is 15.1 Å². The highest BCUT2D eigenvalue weighted by Gasteiger charge is 2.22. The minimum absolute atomic E-state index is 0.0498. The number of carbonyl (C=O) groups excluding carboxylic acids is 1. The molecule has 2 aromatic heterocycles. The lowest BCUT2D eigenvalue weighted by molar-refractivity contribution is -0.139. The number of thiazole rings is 1. The molecule has 152 valence electrons. The van der Waals surface area contributed by atoms with Gasteiger partial charge in [0.15, 0.2) is 0 Å². The Hall–Kier alpha value is -2.78. The lowest BCUT2D eigenvalue weighted by Crippen LogP contribution is -2.21. The number of para-hydroxylation sites is 1. The first-order valence-corrected chi connectivity index (χ1v) is 10.3. The van der Waals surface area contributed by atoms with Crippen molar-refractivity contribution in [3.8, 4) is 5.13 Å². The van der Waals surface area contributed by atoms with E-state index in [4.69, 9.17) is 9.47 Å². The Morgan fingerprint density at radius 1 is 1.45 bits per heavy atom. The molecule has 29 heavy (non-hydrogen) atoms. The lowest BCUT2D eigenvalue weighted by atomic mass is 10.1. The maximum atomic E-state index is 13.2. The Labute approximate surface area is 171 Å². The van der Waals surface area contributed by atoms with Crippen LogP contribution < -0.4 is 5.56 Å². The molecule has 1 aliphatic rings. The van der Waals surface area contributed by atoms with Gasteiger partial charge in [0, 0.05) is 12.3 Å². The molecule has 0 unspecified atom stereocenters. The number of rotatable bonds is 6. The standard InChI is InChI=1S/C20H22N4O4S/c1-12(21-11-13-6-5-9-28-13)18-15(10-17(25)27-2)23-24(19(18)26)20-22-14-7-3-4-8-16(14)29-20/h3-4,7-8,13,23H,5-6,9-11H2,1-2H3/t13-/m0/s1. The molecular formula is C20H22N4O4S. The highest BCUT2D eigenvalue weighted by atomic mass is 32.1. The summed E-state index contributed by atoms with van der Waals surface area (Å²) in [5.74, 6) is -0.434. The predicted molar refractivity (Wildman–Crippen MR) is 111 cm³/mol. The van der Waals surface area contributed by atoms with Crippen molar-refractivity contribution in [3.63, 3.8) is 0 Å². The van der Waals surface area contributed by atoms with Gasteiger partial charge < -0.3 is 9.47 Å².